The van der Waals surface area contributed by atoms with E-state index < -0.39 is 17.7 Å². The van der Waals surface area contributed by atoms with Gasteiger partial charge in [0.25, 0.3) is 11.7 Å². The number of ketones is 1. The molecule has 1 amide bonds. The van der Waals surface area contributed by atoms with Crippen LogP contribution in [0.3, 0.4) is 0 Å². The number of aliphatic hydroxyl groups is 1. The second kappa shape index (κ2) is 9.48. The van der Waals surface area contributed by atoms with E-state index in [0.29, 0.717) is 35.0 Å². The molecule has 7 heteroatoms. The summed E-state index contributed by atoms with van der Waals surface area (Å²) in [4.78, 5) is 27.5. The Hall–Kier alpha value is -4.26. The molecule has 0 radical (unpaired) electrons. The molecule has 0 aliphatic carbocycles. The topological polar surface area (TPSA) is 89.2 Å². The monoisotopic (exact) mass is 445 g/mol. The largest absolute Gasteiger partial charge is 0.507 e. The fourth-order valence-electron chi connectivity index (χ4n) is 3.79. The van der Waals surface area contributed by atoms with E-state index in [0.717, 1.165) is 0 Å². The highest BCUT2D eigenvalue weighted by Gasteiger charge is 2.46. The van der Waals surface area contributed by atoms with Crippen molar-refractivity contribution in [2.45, 2.75) is 12.6 Å². The minimum absolute atomic E-state index is 0.000399. The van der Waals surface area contributed by atoms with Gasteiger partial charge in [0.15, 0.2) is 0 Å². The lowest BCUT2D eigenvalue weighted by molar-refractivity contribution is -0.140. The van der Waals surface area contributed by atoms with Crippen LogP contribution in [0.2, 0.25) is 0 Å². The van der Waals surface area contributed by atoms with Gasteiger partial charge in [-0.25, -0.2) is 0 Å². The Morgan fingerprint density at radius 2 is 1.91 bits per heavy atom. The van der Waals surface area contributed by atoms with Crippen molar-refractivity contribution in [3.63, 3.8) is 0 Å². The highest BCUT2D eigenvalue weighted by molar-refractivity contribution is 6.46. The van der Waals surface area contributed by atoms with Crippen LogP contribution in [-0.2, 0) is 16.1 Å². The van der Waals surface area contributed by atoms with Crippen LogP contribution in [0.1, 0.15) is 22.9 Å². The summed E-state index contributed by atoms with van der Waals surface area (Å²) in [5.41, 5.74) is 1.03. The number of rotatable bonds is 8. The molecule has 0 bridgehead atoms. The van der Waals surface area contributed by atoms with E-state index in [9.17, 15) is 14.7 Å². The Bertz CT molecular complexity index is 1190. The molecule has 3 aromatic rings. The average Bonchev–Trinajstić information content (AvgIpc) is 3.45. The normalized spacial score (nSPS) is 17.2. The van der Waals surface area contributed by atoms with Crippen molar-refractivity contribution in [1.82, 2.24) is 4.90 Å². The number of methoxy groups -OCH3 is 1. The molecular weight excluding hydrogens is 422 g/mol. The lowest BCUT2D eigenvalue weighted by Crippen LogP contribution is -2.29. The fourth-order valence-corrected chi connectivity index (χ4v) is 3.79. The smallest absolute Gasteiger partial charge is 0.296 e. The Morgan fingerprint density at radius 3 is 2.58 bits per heavy atom. The van der Waals surface area contributed by atoms with Gasteiger partial charge in [-0.3, -0.25) is 9.59 Å². The number of aliphatic hydroxyl groups excluding tert-OH is 1. The quantitative estimate of drug-likeness (QED) is 0.238. The van der Waals surface area contributed by atoms with Crippen LogP contribution < -0.4 is 9.47 Å². The van der Waals surface area contributed by atoms with Crippen molar-refractivity contribution in [2.75, 3.05) is 13.7 Å². The number of amides is 1. The number of Topliss-reactive ketones (excluding diaryl/α,β-unsaturated/α-hetero) is 1. The molecule has 1 N–H and O–H groups in total. The van der Waals surface area contributed by atoms with E-state index in [1.807, 2.05) is 0 Å². The maximum Gasteiger partial charge on any atom is 0.296 e. The van der Waals surface area contributed by atoms with Gasteiger partial charge in [0, 0.05) is 5.56 Å². The van der Waals surface area contributed by atoms with Crippen molar-refractivity contribution in [2.24, 2.45) is 0 Å². The predicted molar refractivity (Wildman–Crippen MR) is 122 cm³/mol. The first-order chi connectivity index (χ1) is 16.0. The van der Waals surface area contributed by atoms with Crippen molar-refractivity contribution in [3.8, 4) is 11.5 Å². The molecule has 2 heterocycles. The number of carbonyl (C=O) groups excluding carboxylic acids is 2. The molecule has 7 nitrogen and oxygen atoms in total. The third-order valence-electron chi connectivity index (χ3n) is 5.35. The SMILES string of the molecule is C=CCOc1ccc(/C(O)=C2\C(=O)C(=O)N(Cc3ccco3)C2c2cccc(OC)c2)cc1. The second-order valence-corrected chi connectivity index (χ2v) is 7.41. The maximum absolute atomic E-state index is 13.1. The van der Waals surface area contributed by atoms with E-state index in [1.54, 1.807) is 66.7 Å². The minimum Gasteiger partial charge on any atom is -0.507 e. The molecule has 1 fully saturated rings. The number of ether oxygens (including phenoxy) is 2. The zero-order chi connectivity index (χ0) is 23.4. The van der Waals surface area contributed by atoms with Crippen molar-refractivity contribution < 1.29 is 28.6 Å². The number of furan rings is 1. The van der Waals surface area contributed by atoms with Crippen LogP contribution in [0, 0.1) is 0 Å². The minimum atomic E-state index is -0.818. The predicted octanol–water partition coefficient (Wildman–Crippen LogP) is 4.47. The number of carbonyl (C=O) groups is 2. The Kier molecular flexibility index (Phi) is 6.31. The first-order valence-corrected chi connectivity index (χ1v) is 10.3. The molecule has 1 saturated heterocycles. The van der Waals surface area contributed by atoms with Crippen molar-refractivity contribution in [1.29, 1.82) is 0 Å². The van der Waals surface area contributed by atoms with Crippen LogP contribution in [0.25, 0.3) is 5.76 Å². The third-order valence-corrected chi connectivity index (χ3v) is 5.35. The standard InChI is InChI=1S/C26H23NO6/c1-3-13-32-19-11-9-17(10-12-19)24(28)22-23(18-6-4-7-20(15-18)31-2)27(26(30)25(22)29)16-21-8-5-14-33-21/h3-12,14-15,23,28H,1,13,16H2,2H3/b24-22+. The first kappa shape index (κ1) is 22.0. The molecule has 1 atom stereocenters. The summed E-state index contributed by atoms with van der Waals surface area (Å²) in [6.07, 6.45) is 3.13. The van der Waals surface area contributed by atoms with Crippen LogP contribution in [0.15, 0.2) is 89.6 Å². The zero-order valence-electron chi connectivity index (χ0n) is 18.1. The van der Waals surface area contributed by atoms with Crippen LogP contribution in [-0.4, -0.2) is 35.4 Å². The van der Waals surface area contributed by atoms with E-state index in [2.05, 4.69) is 6.58 Å². The summed E-state index contributed by atoms with van der Waals surface area (Å²) in [5, 5.41) is 11.1. The lowest BCUT2D eigenvalue weighted by atomic mass is 9.95. The van der Waals surface area contributed by atoms with Gasteiger partial charge in [-0.2, -0.15) is 0 Å². The van der Waals surface area contributed by atoms with E-state index >= 15 is 0 Å². The number of likely N-dealkylation sites (tertiary alicyclic amines) is 1. The molecule has 1 aromatic heterocycles. The van der Waals surface area contributed by atoms with E-state index in [4.69, 9.17) is 13.9 Å². The van der Waals surface area contributed by atoms with E-state index in [1.165, 1.54) is 18.3 Å². The zero-order valence-corrected chi connectivity index (χ0v) is 18.1. The van der Waals surface area contributed by atoms with Gasteiger partial charge in [-0.15, -0.1) is 0 Å². The third kappa shape index (κ3) is 4.39. The molecule has 4 rings (SSSR count). The van der Waals surface area contributed by atoms with Gasteiger partial charge in [0.1, 0.15) is 29.6 Å². The summed E-state index contributed by atoms with van der Waals surface area (Å²) in [6.45, 7) is 4.03. The molecule has 2 aromatic carbocycles. The Labute approximate surface area is 191 Å². The summed E-state index contributed by atoms with van der Waals surface area (Å²) in [7, 11) is 1.54. The summed E-state index contributed by atoms with van der Waals surface area (Å²) < 4.78 is 16.2. The molecule has 0 spiro atoms. The van der Waals surface area contributed by atoms with Gasteiger partial charge in [0.05, 0.1) is 31.5 Å². The number of nitrogens with zero attached hydrogens (tertiary/aromatic N) is 1. The number of hydrogen-bond acceptors (Lipinski definition) is 6. The maximum atomic E-state index is 13.1. The van der Waals surface area contributed by atoms with Gasteiger partial charge >= 0.3 is 0 Å². The van der Waals surface area contributed by atoms with Crippen molar-refractivity contribution >= 4 is 17.4 Å². The van der Waals surface area contributed by atoms with Gasteiger partial charge < -0.3 is 23.9 Å². The molecule has 1 aliphatic heterocycles. The molecule has 0 saturated carbocycles. The summed E-state index contributed by atoms with van der Waals surface area (Å²) in [6, 6.07) is 16.3. The van der Waals surface area contributed by atoms with Gasteiger partial charge in [-0.05, 0) is 54.1 Å². The fraction of sp³-hybridized carbons (Fsp3) is 0.154. The Balaban J connectivity index is 1.80. The highest BCUT2D eigenvalue weighted by atomic mass is 16.5. The van der Waals surface area contributed by atoms with E-state index in [-0.39, 0.29) is 17.9 Å². The second-order valence-electron chi connectivity index (χ2n) is 7.41. The van der Waals surface area contributed by atoms with Crippen LogP contribution in [0.4, 0.5) is 0 Å². The Morgan fingerprint density at radius 1 is 1.12 bits per heavy atom. The summed E-state index contributed by atoms with van der Waals surface area (Å²) >= 11 is 0. The van der Waals surface area contributed by atoms with Crippen molar-refractivity contribution in [3.05, 3.63) is 102 Å². The average molecular weight is 445 g/mol. The van der Waals surface area contributed by atoms with Crippen LogP contribution in [0.5, 0.6) is 11.5 Å². The number of benzene rings is 2. The molecule has 33 heavy (non-hydrogen) atoms. The first-order valence-electron chi connectivity index (χ1n) is 10.3. The molecule has 168 valence electrons. The summed E-state index contributed by atoms with van der Waals surface area (Å²) in [5.74, 6) is -0.0636. The van der Waals surface area contributed by atoms with Gasteiger partial charge in [0.2, 0.25) is 0 Å². The lowest BCUT2D eigenvalue weighted by Gasteiger charge is -2.24. The van der Waals surface area contributed by atoms with Gasteiger partial charge in [-0.1, -0.05) is 24.8 Å². The van der Waals surface area contributed by atoms with Crippen LogP contribution >= 0.6 is 0 Å². The molecule has 1 unspecified atom stereocenters. The molecular formula is C26H23NO6. The highest BCUT2D eigenvalue weighted by Crippen LogP contribution is 2.41. The number of hydrogen-bond donors (Lipinski definition) is 1. The molecule has 1 aliphatic rings.